The first-order valence-corrected chi connectivity index (χ1v) is 16.2. The first-order chi connectivity index (χ1) is 21.5. The molecule has 45 heavy (non-hydrogen) atoms. The zero-order valence-corrected chi connectivity index (χ0v) is 24.7. The lowest BCUT2D eigenvalue weighted by atomic mass is 10.1. The van der Waals surface area contributed by atoms with Crippen LogP contribution in [0.5, 0.6) is 0 Å². The van der Waals surface area contributed by atoms with E-state index in [1.165, 1.54) is 17.2 Å². The molecule has 2 aliphatic rings. The van der Waals surface area contributed by atoms with Gasteiger partial charge in [-0.2, -0.15) is 4.98 Å². The van der Waals surface area contributed by atoms with Gasteiger partial charge < -0.3 is 40.6 Å². The predicted molar refractivity (Wildman–Crippen MR) is 148 cm³/mol. The van der Waals surface area contributed by atoms with Crippen molar-refractivity contribution >= 4 is 49.9 Å². The summed E-state index contributed by atoms with van der Waals surface area (Å²) >= 11 is 0. The number of phosphoric acid groups is 1. The number of ether oxygens (including phenoxy) is 3. The van der Waals surface area contributed by atoms with Crippen LogP contribution < -0.4 is 17.0 Å². The number of aliphatic hydroxyl groups excluding tert-OH is 1. The Morgan fingerprint density at radius 2 is 1.89 bits per heavy atom. The second-order valence-corrected chi connectivity index (χ2v) is 12.5. The summed E-state index contributed by atoms with van der Waals surface area (Å²) in [5.41, 5.74) is 11.1. The molecular formula is C21H27FN10O11P2. The molecule has 9 atom stereocenters. The molecule has 6 rings (SSSR count). The van der Waals surface area contributed by atoms with Crippen LogP contribution in [-0.4, -0.2) is 104 Å². The number of fused-ring (bicyclic) bond motifs is 2. The van der Waals surface area contributed by atoms with Crippen molar-refractivity contribution in [2.45, 2.75) is 49.5 Å². The summed E-state index contributed by atoms with van der Waals surface area (Å²) in [5.74, 6) is -0.158. The molecule has 3 unspecified atom stereocenters. The quantitative estimate of drug-likeness (QED) is 0.103. The number of halogens is 1. The van der Waals surface area contributed by atoms with Gasteiger partial charge in [0.25, 0.3) is 5.56 Å². The van der Waals surface area contributed by atoms with Gasteiger partial charge in [0.15, 0.2) is 35.0 Å². The normalized spacial score (nSPS) is 29.0. The van der Waals surface area contributed by atoms with E-state index >= 15 is 4.39 Å². The number of imidazole rings is 2. The van der Waals surface area contributed by atoms with Gasteiger partial charge in [0.2, 0.25) is 14.0 Å². The van der Waals surface area contributed by atoms with E-state index in [2.05, 4.69) is 29.9 Å². The Morgan fingerprint density at radius 1 is 1.13 bits per heavy atom. The summed E-state index contributed by atoms with van der Waals surface area (Å²) in [7, 11) is -8.17. The fourth-order valence-electron chi connectivity index (χ4n) is 5.12. The maximum Gasteiger partial charge on any atom is 0.472 e. The van der Waals surface area contributed by atoms with Crippen molar-refractivity contribution in [3.8, 4) is 0 Å². The number of alkyl halides is 1. The molecule has 6 heterocycles. The smallest absolute Gasteiger partial charge is 0.394 e. The first kappa shape index (κ1) is 31.5. The largest absolute Gasteiger partial charge is 0.472 e. The van der Waals surface area contributed by atoms with Crippen LogP contribution in [0.2, 0.25) is 0 Å². The Bertz CT molecular complexity index is 1840. The van der Waals surface area contributed by atoms with Gasteiger partial charge in [0, 0.05) is 6.42 Å². The minimum atomic E-state index is -5.12. The Hall–Kier alpha value is -3.43. The molecule has 0 aliphatic carbocycles. The summed E-state index contributed by atoms with van der Waals surface area (Å²) < 4.78 is 69.9. The van der Waals surface area contributed by atoms with E-state index in [0.717, 1.165) is 10.9 Å². The number of anilines is 2. The van der Waals surface area contributed by atoms with E-state index in [4.69, 9.17) is 34.7 Å². The molecule has 0 amide bonds. The summed E-state index contributed by atoms with van der Waals surface area (Å²) in [6, 6.07) is 0. The highest BCUT2D eigenvalue weighted by molar-refractivity contribution is 7.47. The van der Waals surface area contributed by atoms with Gasteiger partial charge in [-0.05, 0) is 0 Å². The van der Waals surface area contributed by atoms with Crippen molar-refractivity contribution in [2.75, 3.05) is 31.0 Å². The van der Waals surface area contributed by atoms with Crippen LogP contribution in [0.3, 0.4) is 0 Å². The van der Waals surface area contributed by atoms with E-state index < -0.39 is 84.0 Å². The number of nitrogen functional groups attached to an aromatic ring is 2. The Balaban J connectivity index is 1.20. The third-order valence-electron chi connectivity index (χ3n) is 7.12. The maximum absolute atomic E-state index is 15.4. The Kier molecular flexibility index (Phi) is 8.69. The molecule has 2 saturated heterocycles. The number of rotatable bonds is 11. The van der Waals surface area contributed by atoms with Gasteiger partial charge in [-0.1, -0.05) is 0 Å². The lowest BCUT2D eigenvalue weighted by Crippen LogP contribution is -2.33. The summed E-state index contributed by atoms with van der Waals surface area (Å²) in [6.45, 7) is -1.47. The number of nitrogens with zero attached hydrogens (tertiary/aromatic N) is 7. The number of aliphatic hydroxyl groups is 1. The number of phosphoric ester groups is 1. The average Bonchev–Trinajstić information content (AvgIpc) is 3.76. The molecule has 4 aromatic rings. The Morgan fingerprint density at radius 3 is 2.64 bits per heavy atom. The lowest BCUT2D eigenvalue weighted by molar-refractivity contribution is -0.0645. The Labute approximate surface area is 250 Å². The summed E-state index contributed by atoms with van der Waals surface area (Å²) in [6.07, 6.45) is -6.57. The van der Waals surface area contributed by atoms with Crippen LogP contribution in [0.25, 0.3) is 22.3 Å². The van der Waals surface area contributed by atoms with E-state index in [9.17, 15) is 28.8 Å². The van der Waals surface area contributed by atoms with Crippen LogP contribution in [0, 0.1) is 0 Å². The molecule has 2 aliphatic heterocycles. The van der Waals surface area contributed by atoms with Gasteiger partial charge in [0.1, 0.15) is 42.7 Å². The van der Waals surface area contributed by atoms with Crippen molar-refractivity contribution in [1.29, 1.82) is 0 Å². The van der Waals surface area contributed by atoms with Gasteiger partial charge >= 0.3 is 7.82 Å². The minimum absolute atomic E-state index is 0.0847. The lowest BCUT2D eigenvalue weighted by Gasteiger charge is -2.24. The third kappa shape index (κ3) is 6.21. The number of hydrogen-bond acceptors (Lipinski definition) is 16. The molecule has 244 valence electrons. The molecule has 21 nitrogen and oxygen atoms in total. The SMILES string of the molecule is Nc1nc2c(ncn2[C@@H]2O[C@H](CO)[C@H](F)[C@@H]2OP(=O)(O)OC[C@H]2O[C@@H](n3cnc4c(N)ncnc43)CC2OC[PH](=O)O)c(=O)[nH]1. The molecule has 2 fully saturated rings. The zero-order valence-electron chi connectivity index (χ0n) is 22.8. The van der Waals surface area contributed by atoms with Crippen LogP contribution in [0.1, 0.15) is 18.9 Å². The number of hydrogen-bond donors (Lipinski definition) is 6. The number of aromatic nitrogens is 8. The van der Waals surface area contributed by atoms with E-state index in [1.54, 1.807) is 0 Å². The van der Waals surface area contributed by atoms with E-state index in [0.29, 0.717) is 11.2 Å². The minimum Gasteiger partial charge on any atom is -0.394 e. The van der Waals surface area contributed by atoms with Crippen molar-refractivity contribution in [2.24, 2.45) is 0 Å². The van der Waals surface area contributed by atoms with Crippen LogP contribution in [0.4, 0.5) is 16.2 Å². The maximum atomic E-state index is 15.4. The second-order valence-electron chi connectivity index (χ2n) is 9.99. The summed E-state index contributed by atoms with van der Waals surface area (Å²) in [5, 5.41) is 9.63. The molecule has 24 heteroatoms. The predicted octanol–water partition coefficient (Wildman–Crippen LogP) is -1.05. The molecular weight excluding hydrogens is 649 g/mol. The number of nitrogens with one attached hydrogen (secondary N) is 1. The highest BCUT2D eigenvalue weighted by Crippen LogP contribution is 2.50. The molecule has 0 saturated carbocycles. The standard InChI is InChI=1S/C21H27FN10O11P2/c22-12-9(2-33)42-20(32-6-28-14-18(32)29-21(24)30-19(14)34)15(12)43-45(37,38)40-3-10-8(39-7-44(35)36)1-11(41-10)31-5-27-13-16(23)25-4-26-17(13)31/h4-6,8-12,15,20,33,44H,1-3,7H2,(H,35,36)(H,37,38)(H2,23,25,26)(H3,24,29,30,34)/t8?,9-,10-,11-,12+,15+,20-/m1/s1. The highest BCUT2D eigenvalue weighted by atomic mass is 31.2. The van der Waals surface area contributed by atoms with Gasteiger partial charge in [-0.25, -0.2) is 28.9 Å². The van der Waals surface area contributed by atoms with Crippen LogP contribution in [-0.2, 0) is 32.4 Å². The number of H-pyrrole nitrogens is 1. The highest BCUT2D eigenvalue weighted by Gasteiger charge is 2.51. The topological polar surface area (TPSA) is 300 Å². The first-order valence-electron chi connectivity index (χ1n) is 13.2. The van der Waals surface area contributed by atoms with Gasteiger partial charge in [-0.15, -0.1) is 0 Å². The number of nitrogens with two attached hydrogens (primary N) is 2. The molecule has 8 N–H and O–H groups in total. The second kappa shape index (κ2) is 12.4. The van der Waals surface area contributed by atoms with E-state index in [1.807, 2.05) is 0 Å². The van der Waals surface area contributed by atoms with Gasteiger partial charge in [0.05, 0.1) is 32.0 Å². The fourth-order valence-corrected chi connectivity index (χ4v) is 6.40. The van der Waals surface area contributed by atoms with Crippen LogP contribution in [0.15, 0.2) is 23.8 Å². The number of aromatic amines is 1. The van der Waals surface area contributed by atoms with Crippen molar-refractivity contribution in [3.63, 3.8) is 0 Å². The van der Waals surface area contributed by atoms with E-state index in [-0.39, 0.29) is 29.4 Å². The van der Waals surface area contributed by atoms with Gasteiger partial charge in [-0.3, -0.25) is 32.5 Å². The third-order valence-corrected chi connectivity index (χ3v) is 8.52. The zero-order chi connectivity index (χ0) is 32.0. The average molecular weight is 676 g/mol. The monoisotopic (exact) mass is 676 g/mol. The molecule has 0 spiro atoms. The molecule has 0 aromatic carbocycles. The van der Waals surface area contributed by atoms with Crippen LogP contribution >= 0.6 is 15.9 Å². The van der Waals surface area contributed by atoms with Crippen molar-refractivity contribution in [3.05, 3.63) is 29.3 Å². The molecule has 0 radical (unpaired) electrons. The van der Waals surface area contributed by atoms with Crippen molar-refractivity contribution < 1.29 is 51.7 Å². The molecule has 4 aromatic heterocycles. The van der Waals surface area contributed by atoms with Crippen molar-refractivity contribution in [1.82, 2.24) is 39.0 Å². The molecule has 0 bridgehead atoms. The summed E-state index contributed by atoms with van der Waals surface area (Å²) in [4.78, 5) is 54.5. The fraction of sp³-hybridized carbons (Fsp3) is 0.524.